The van der Waals surface area contributed by atoms with Crippen LogP contribution in [0.25, 0.3) is 0 Å². The van der Waals surface area contributed by atoms with Gasteiger partial charge in [-0.05, 0) is 42.7 Å². The number of anilines is 2. The Hall–Kier alpha value is -1.96. The molecule has 2 aromatic carbocycles. The maximum Gasteiger partial charge on any atom is 0.142 e. The van der Waals surface area contributed by atoms with Crippen LogP contribution >= 0.6 is 0 Å². The molecule has 0 atom stereocenters. The van der Waals surface area contributed by atoms with Crippen molar-refractivity contribution in [2.45, 2.75) is 26.2 Å². The van der Waals surface area contributed by atoms with E-state index in [0.717, 1.165) is 23.5 Å². The molecule has 1 N–H and O–H groups in total. The highest BCUT2D eigenvalue weighted by atomic mass is 16.5. The predicted octanol–water partition coefficient (Wildman–Crippen LogP) is 4.78. The van der Waals surface area contributed by atoms with Crippen molar-refractivity contribution in [3.63, 3.8) is 0 Å². The molecule has 2 rings (SSSR count). The number of aryl methyl sites for hydroxylation is 1. The normalized spacial score (nSPS) is 10.2. The number of methoxy groups -OCH3 is 1. The van der Waals surface area contributed by atoms with Gasteiger partial charge in [-0.25, -0.2) is 0 Å². The van der Waals surface area contributed by atoms with Crippen LogP contribution in [0.4, 0.5) is 11.4 Å². The zero-order valence-electron chi connectivity index (χ0n) is 11.6. The Morgan fingerprint density at radius 3 is 2.42 bits per heavy atom. The van der Waals surface area contributed by atoms with Crippen LogP contribution in [0.5, 0.6) is 5.75 Å². The van der Waals surface area contributed by atoms with Crippen LogP contribution in [0.2, 0.25) is 0 Å². The van der Waals surface area contributed by atoms with Crippen LogP contribution in [0.1, 0.15) is 25.3 Å². The van der Waals surface area contributed by atoms with E-state index in [-0.39, 0.29) is 0 Å². The molecule has 100 valence electrons. The Kier molecular flexibility index (Phi) is 4.85. The van der Waals surface area contributed by atoms with Gasteiger partial charge in [0.1, 0.15) is 5.75 Å². The van der Waals surface area contributed by atoms with Crippen LogP contribution in [-0.2, 0) is 6.42 Å². The average molecular weight is 255 g/mol. The molecule has 0 aliphatic heterocycles. The van der Waals surface area contributed by atoms with Crippen LogP contribution in [0, 0.1) is 0 Å². The topological polar surface area (TPSA) is 21.3 Å². The molecule has 0 amide bonds. The number of ether oxygens (including phenoxy) is 1. The lowest BCUT2D eigenvalue weighted by Crippen LogP contribution is -1.94. The maximum atomic E-state index is 5.33. The highest BCUT2D eigenvalue weighted by Gasteiger charge is 2.01. The summed E-state index contributed by atoms with van der Waals surface area (Å²) in [7, 11) is 1.69. The monoisotopic (exact) mass is 255 g/mol. The Bertz CT molecular complexity index is 505. The van der Waals surface area contributed by atoms with Crippen molar-refractivity contribution in [3.8, 4) is 5.75 Å². The zero-order valence-corrected chi connectivity index (χ0v) is 11.6. The van der Waals surface area contributed by atoms with Crippen molar-refractivity contribution in [2.24, 2.45) is 0 Å². The third-order valence-corrected chi connectivity index (χ3v) is 3.16. The van der Waals surface area contributed by atoms with E-state index >= 15 is 0 Å². The van der Waals surface area contributed by atoms with Gasteiger partial charge in [0.05, 0.1) is 12.8 Å². The quantitative estimate of drug-likeness (QED) is 0.802. The van der Waals surface area contributed by atoms with Gasteiger partial charge in [0, 0.05) is 5.69 Å². The second kappa shape index (κ2) is 6.83. The molecule has 0 unspecified atom stereocenters. The standard InChI is InChI=1S/C17H21NO/c1-3-4-7-14-10-12-15(13-11-14)18-16-8-5-6-9-17(16)19-2/h5-6,8-13,18H,3-4,7H2,1-2H3. The largest absolute Gasteiger partial charge is 0.495 e. The van der Waals surface area contributed by atoms with Crippen molar-refractivity contribution in [2.75, 3.05) is 12.4 Å². The minimum atomic E-state index is 0.859. The molecular formula is C17H21NO. The molecule has 0 aromatic heterocycles. The van der Waals surface area contributed by atoms with Crippen molar-refractivity contribution >= 4 is 11.4 Å². The van der Waals surface area contributed by atoms with Gasteiger partial charge in [0.25, 0.3) is 0 Å². The van der Waals surface area contributed by atoms with E-state index in [9.17, 15) is 0 Å². The molecule has 0 saturated heterocycles. The van der Waals surface area contributed by atoms with Crippen LogP contribution in [0.15, 0.2) is 48.5 Å². The third kappa shape index (κ3) is 3.75. The van der Waals surface area contributed by atoms with Gasteiger partial charge in [-0.1, -0.05) is 37.6 Å². The Morgan fingerprint density at radius 2 is 1.74 bits per heavy atom. The Balaban J connectivity index is 2.06. The first-order valence-corrected chi connectivity index (χ1v) is 6.82. The number of unbranched alkanes of at least 4 members (excludes halogenated alkanes) is 1. The predicted molar refractivity (Wildman–Crippen MR) is 81.3 cm³/mol. The van der Waals surface area contributed by atoms with Gasteiger partial charge < -0.3 is 10.1 Å². The van der Waals surface area contributed by atoms with E-state index in [4.69, 9.17) is 4.74 Å². The van der Waals surface area contributed by atoms with E-state index in [1.54, 1.807) is 7.11 Å². The molecule has 0 bridgehead atoms. The SMILES string of the molecule is CCCCc1ccc(Nc2ccccc2OC)cc1. The minimum Gasteiger partial charge on any atom is -0.495 e. The summed E-state index contributed by atoms with van der Waals surface area (Å²) in [4.78, 5) is 0. The lowest BCUT2D eigenvalue weighted by atomic mass is 10.1. The summed E-state index contributed by atoms with van der Waals surface area (Å²) in [6.45, 7) is 2.22. The molecular weight excluding hydrogens is 234 g/mol. The Morgan fingerprint density at radius 1 is 1.00 bits per heavy atom. The average Bonchev–Trinajstić information content (AvgIpc) is 2.47. The number of benzene rings is 2. The summed E-state index contributed by atoms with van der Waals surface area (Å²) in [5.41, 5.74) is 3.48. The summed E-state index contributed by atoms with van der Waals surface area (Å²) < 4.78 is 5.33. The fraction of sp³-hybridized carbons (Fsp3) is 0.294. The number of rotatable bonds is 6. The lowest BCUT2D eigenvalue weighted by molar-refractivity contribution is 0.417. The van der Waals surface area contributed by atoms with Crippen molar-refractivity contribution in [3.05, 3.63) is 54.1 Å². The molecule has 0 fully saturated rings. The van der Waals surface area contributed by atoms with Crippen LogP contribution < -0.4 is 10.1 Å². The molecule has 0 heterocycles. The first kappa shape index (κ1) is 13.5. The van der Waals surface area contributed by atoms with E-state index in [1.807, 2.05) is 24.3 Å². The molecule has 19 heavy (non-hydrogen) atoms. The maximum absolute atomic E-state index is 5.33. The van der Waals surface area contributed by atoms with Gasteiger partial charge in [0.2, 0.25) is 0 Å². The van der Waals surface area contributed by atoms with E-state index in [1.165, 1.54) is 18.4 Å². The highest BCUT2D eigenvalue weighted by molar-refractivity contribution is 5.66. The van der Waals surface area contributed by atoms with Crippen molar-refractivity contribution < 1.29 is 4.74 Å². The molecule has 0 aliphatic carbocycles. The third-order valence-electron chi connectivity index (χ3n) is 3.16. The zero-order chi connectivity index (χ0) is 13.5. The fourth-order valence-corrected chi connectivity index (χ4v) is 2.04. The summed E-state index contributed by atoms with van der Waals surface area (Å²) in [6, 6.07) is 16.6. The summed E-state index contributed by atoms with van der Waals surface area (Å²) in [5, 5.41) is 3.38. The second-order valence-electron chi connectivity index (χ2n) is 4.63. The number of para-hydroxylation sites is 2. The molecule has 0 saturated carbocycles. The lowest BCUT2D eigenvalue weighted by Gasteiger charge is -2.11. The van der Waals surface area contributed by atoms with Crippen molar-refractivity contribution in [1.29, 1.82) is 0 Å². The van der Waals surface area contributed by atoms with Crippen LogP contribution in [0.3, 0.4) is 0 Å². The first-order chi connectivity index (χ1) is 9.33. The molecule has 0 aliphatic rings. The van der Waals surface area contributed by atoms with Gasteiger partial charge in [-0.2, -0.15) is 0 Å². The minimum absolute atomic E-state index is 0.859. The first-order valence-electron chi connectivity index (χ1n) is 6.82. The summed E-state index contributed by atoms with van der Waals surface area (Å²) in [6.07, 6.45) is 3.64. The highest BCUT2D eigenvalue weighted by Crippen LogP contribution is 2.27. The van der Waals surface area contributed by atoms with Gasteiger partial charge in [-0.15, -0.1) is 0 Å². The summed E-state index contributed by atoms with van der Waals surface area (Å²) in [5.74, 6) is 0.859. The molecule has 2 heteroatoms. The van der Waals surface area contributed by atoms with E-state index in [2.05, 4.69) is 36.5 Å². The number of hydrogen-bond donors (Lipinski definition) is 1. The molecule has 0 radical (unpaired) electrons. The van der Waals surface area contributed by atoms with Crippen molar-refractivity contribution in [1.82, 2.24) is 0 Å². The van der Waals surface area contributed by atoms with E-state index < -0.39 is 0 Å². The van der Waals surface area contributed by atoms with Gasteiger partial charge in [-0.3, -0.25) is 0 Å². The molecule has 2 nitrogen and oxygen atoms in total. The van der Waals surface area contributed by atoms with E-state index in [0.29, 0.717) is 0 Å². The molecule has 0 spiro atoms. The van der Waals surface area contributed by atoms with Crippen LogP contribution in [-0.4, -0.2) is 7.11 Å². The van der Waals surface area contributed by atoms with Gasteiger partial charge in [0.15, 0.2) is 0 Å². The Labute approximate surface area is 115 Å². The second-order valence-corrected chi connectivity index (χ2v) is 4.63. The fourth-order valence-electron chi connectivity index (χ4n) is 2.04. The summed E-state index contributed by atoms with van der Waals surface area (Å²) >= 11 is 0. The number of nitrogens with one attached hydrogen (secondary N) is 1. The molecule has 2 aromatic rings. The van der Waals surface area contributed by atoms with Gasteiger partial charge >= 0.3 is 0 Å². The number of hydrogen-bond acceptors (Lipinski definition) is 2. The smallest absolute Gasteiger partial charge is 0.142 e.